The number of pyridine rings is 2. The van der Waals surface area contributed by atoms with E-state index >= 15 is 0 Å². The molecule has 2 aromatic heterocycles. The topological polar surface area (TPSA) is 64.5 Å². The third-order valence-corrected chi connectivity index (χ3v) is 4.64. The van der Waals surface area contributed by atoms with Gasteiger partial charge in [0.1, 0.15) is 5.75 Å². The van der Waals surface area contributed by atoms with Gasteiger partial charge in [0.2, 0.25) is 5.88 Å². The highest BCUT2D eigenvalue weighted by atomic mass is 16.5. The Morgan fingerprint density at radius 2 is 2.04 bits per heavy atom. The van der Waals surface area contributed by atoms with E-state index in [4.69, 9.17) is 9.47 Å². The maximum atomic E-state index is 10.8. The third-order valence-electron chi connectivity index (χ3n) is 4.64. The number of benzene rings is 1. The number of aryl methyl sites for hydroxylation is 1. The van der Waals surface area contributed by atoms with Gasteiger partial charge in [-0.3, -0.25) is 4.98 Å². The van der Waals surface area contributed by atoms with Crippen molar-refractivity contribution in [3.05, 3.63) is 53.9 Å². The van der Waals surface area contributed by atoms with Gasteiger partial charge in [-0.05, 0) is 48.7 Å². The molecule has 0 bridgehead atoms. The molecule has 0 atom stereocenters. The van der Waals surface area contributed by atoms with Crippen molar-refractivity contribution in [3.63, 3.8) is 0 Å². The fourth-order valence-corrected chi connectivity index (χ4v) is 3.42. The monoisotopic (exact) mass is 348 g/mol. The molecule has 0 aliphatic carbocycles. The molecule has 0 radical (unpaired) electrons. The number of hydrogen-bond acceptors (Lipinski definition) is 5. The van der Waals surface area contributed by atoms with Crippen LogP contribution in [0.25, 0.3) is 27.6 Å². The van der Waals surface area contributed by atoms with Gasteiger partial charge in [0.05, 0.1) is 25.8 Å². The normalized spacial score (nSPS) is 14.3. The number of methoxy groups -OCH3 is 1. The van der Waals surface area contributed by atoms with Crippen molar-refractivity contribution >= 4 is 16.5 Å². The minimum absolute atomic E-state index is 0.0309. The Morgan fingerprint density at radius 1 is 1.15 bits per heavy atom. The summed E-state index contributed by atoms with van der Waals surface area (Å²) in [5.41, 5.74) is 5.43. The van der Waals surface area contributed by atoms with Crippen LogP contribution in [0, 0.1) is 6.92 Å². The molecule has 0 unspecified atom stereocenters. The van der Waals surface area contributed by atoms with Crippen LogP contribution in [0.15, 0.2) is 42.6 Å². The minimum atomic E-state index is 0.0309. The van der Waals surface area contributed by atoms with E-state index in [0.29, 0.717) is 24.5 Å². The van der Waals surface area contributed by atoms with Crippen LogP contribution in [-0.4, -0.2) is 35.4 Å². The van der Waals surface area contributed by atoms with Crippen LogP contribution in [0.5, 0.6) is 11.6 Å². The Bertz CT molecular complexity index is 1010. The van der Waals surface area contributed by atoms with Crippen LogP contribution >= 0.6 is 0 Å². The lowest BCUT2D eigenvalue weighted by Crippen LogP contribution is -2.06. The van der Waals surface area contributed by atoms with E-state index in [-0.39, 0.29) is 5.88 Å². The molecule has 1 aromatic carbocycles. The lowest BCUT2D eigenvalue weighted by molar-refractivity contribution is 0.161. The van der Waals surface area contributed by atoms with Crippen LogP contribution in [0.3, 0.4) is 0 Å². The molecule has 26 heavy (non-hydrogen) atoms. The SMILES string of the molecule is COc1ccc2c(-c3ccnc(C)c3)c(C3=CCOCC3)c(O)nc2c1. The van der Waals surface area contributed by atoms with E-state index in [1.54, 1.807) is 13.3 Å². The highest BCUT2D eigenvalue weighted by Gasteiger charge is 2.21. The van der Waals surface area contributed by atoms with E-state index in [2.05, 4.69) is 9.97 Å². The zero-order valence-corrected chi connectivity index (χ0v) is 14.8. The number of rotatable bonds is 3. The molecular weight excluding hydrogens is 328 g/mol. The Morgan fingerprint density at radius 3 is 2.77 bits per heavy atom. The maximum Gasteiger partial charge on any atom is 0.219 e. The molecule has 4 rings (SSSR count). The molecule has 5 heteroatoms. The van der Waals surface area contributed by atoms with Gasteiger partial charge in [0, 0.05) is 34.5 Å². The molecule has 3 heterocycles. The lowest BCUT2D eigenvalue weighted by atomic mass is 9.90. The van der Waals surface area contributed by atoms with Gasteiger partial charge in [0.25, 0.3) is 0 Å². The van der Waals surface area contributed by atoms with Crippen molar-refractivity contribution in [2.45, 2.75) is 13.3 Å². The van der Waals surface area contributed by atoms with Gasteiger partial charge in [-0.25, -0.2) is 4.98 Å². The molecular formula is C21H20N2O3. The van der Waals surface area contributed by atoms with Crippen LogP contribution < -0.4 is 4.74 Å². The summed E-state index contributed by atoms with van der Waals surface area (Å²) in [5.74, 6) is 0.739. The second-order valence-corrected chi connectivity index (χ2v) is 6.31. The van der Waals surface area contributed by atoms with Crippen molar-refractivity contribution in [1.29, 1.82) is 0 Å². The molecule has 0 amide bonds. The number of nitrogens with zero attached hydrogens (tertiary/aromatic N) is 2. The van der Waals surface area contributed by atoms with Crippen LogP contribution in [0.2, 0.25) is 0 Å². The van der Waals surface area contributed by atoms with E-state index in [9.17, 15) is 5.11 Å². The molecule has 0 spiro atoms. The number of fused-ring (bicyclic) bond motifs is 1. The molecule has 132 valence electrons. The summed E-state index contributed by atoms with van der Waals surface area (Å²) in [4.78, 5) is 8.75. The summed E-state index contributed by atoms with van der Waals surface area (Å²) >= 11 is 0. The first kappa shape index (κ1) is 16.5. The summed E-state index contributed by atoms with van der Waals surface area (Å²) in [6.07, 6.45) is 4.56. The summed E-state index contributed by atoms with van der Waals surface area (Å²) in [6.45, 7) is 3.15. The minimum Gasteiger partial charge on any atom is -0.497 e. The Balaban J connectivity index is 2.07. The predicted octanol–water partition coefficient (Wildman–Crippen LogP) is 4.12. The quantitative estimate of drug-likeness (QED) is 0.771. The van der Waals surface area contributed by atoms with Gasteiger partial charge in [-0.2, -0.15) is 0 Å². The number of hydrogen-bond donors (Lipinski definition) is 1. The van der Waals surface area contributed by atoms with Crippen molar-refractivity contribution < 1.29 is 14.6 Å². The largest absolute Gasteiger partial charge is 0.497 e. The molecule has 0 saturated heterocycles. The van der Waals surface area contributed by atoms with Gasteiger partial charge < -0.3 is 14.6 Å². The zero-order valence-electron chi connectivity index (χ0n) is 14.8. The lowest BCUT2D eigenvalue weighted by Gasteiger charge is -2.20. The summed E-state index contributed by atoms with van der Waals surface area (Å²) in [5, 5.41) is 11.8. The second kappa shape index (κ2) is 6.77. The summed E-state index contributed by atoms with van der Waals surface area (Å²) < 4.78 is 10.8. The van der Waals surface area contributed by atoms with E-state index < -0.39 is 0 Å². The summed E-state index contributed by atoms with van der Waals surface area (Å²) in [6, 6.07) is 9.75. The maximum absolute atomic E-state index is 10.8. The van der Waals surface area contributed by atoms with Crippen LogP contribution in [0.1, 0.15) is 17.7 Å². The predicted molar refractivity (Wildman–Crippen MR) is 101 cm³/mol. The van der Waals surface area contributed by atoms with Gasteiger partial charge in [0.15, 0.2) is 0 Å². The fraction of sp³-hybridized carbons (Fsp3) is 0.238. The van der Waals surface area contributed by atoms with Crippen molar-refractivity contribution in [1.82, 2.24) is 9.97 Å². The Labute approximate surface area is 151 Å². The van der Waals surface area contributed by atoms with Crippen molar-refractivity contribution in [2.24, 2.45) is 0 Å². The van der Waals surface area contributed by atoms with E-state index in [0.717, 1.165) is 39.8 Å². The van der Waals surface area contributed by atoms with Gasteiger partial charge >= 0.3 is 0 Å². The molecule has 1 N–H and O–H groups in total. The van der Waals surface area contributed by atoms with Crippen molar-refractivity contribution in [2.75, 3.05) is 20.3 Å². The molecule has 1 aliphatic heterocycles. The fourth-order valence-electron chi connectivity index (χ4n) is 3.42. The van der Waals surface area contributed by atoms with Crippen LogP contribution in [-0.2, 0) is 4.74 Å². The number of aromatic nitrogens is 2. The highest BCUT2D eigenvalue weighted by Crippen LogP contribution is 2.42. The average molecular weight is 348 g/mol. The van der Waals surface area contributed by atoms with Gasteiger partial charge in [-0.1, -0.05) is 6.08 Å². The third kappa shape index (κ3) is 2.91. The first-order valence-electron chi connectivity index (χ1n) is 8.58. The smallest absolute Gasteiger partial charge is 0.219 e. The summed E-state index contributed by atoms with van der Waals surface area (Å²) in [7, 11) is 1.62. The van der Waals surface area contributed by atoms with Gasteiger partial charge in [-0.15, -0.1) is 0 Å². The zero-order chi connectivity index (χ0) is 18.1. The van der Waals surface area contributed by atoms with Crippen molar-refractivity contribution in [3.8, 4) is 22.8 Å². The Hall–Kier alpha value is -2.92. The average Bonchev–Trinajstić information content (AvgIpc) is 2.67. The highest BCUT2D eigenvalue weighted by molar-refractivity contribution is 6.02. The molecule has 0 saturated carbocycles. The second-order valence-electron chi connectivity index (χ2n) is 6.31. The Kier molecular flexibility index (Phi) is 4.31. The molecule has 5 nitrogen and oxygen atoms in total. The van der Waals surface area contributed by atoms with Crippen LogP contribution in [0.4, 0.5) is 0 Å². The molecule has 1 aliphatic rings. The first-order valence-corrected chi connectivity index (χ1v) is 8.58. The standard InChI is InChI=1S/C21H20N2O3/c1-13-11-15(5-8-22-13)19-17-4-3-16(25-2)12-18(17)23-21(24)20(19)14-6-9-26-10-7-14/h3-6,8,11-12H,7,9-10H2,1-2H3,(H,23,24). The van der Waals surface area contributed by atoms with E-state index in [1.807, 2.05) is 43.3 Å². The first-order chi connectivity index (χ1) is 12.7. The van der Waals surface area contributed by atoms with E-state index in [1.165, 1.54) is 0 Å². The number of aromatic hydroxyl groups is 1. The molecule has 3 aromatic rings. The number of ether oxygens (including phenoxy) is 2. The molecule has 0 fully saturated rings.